The Hall–Kier alpha value is -4.07. The van der Waals surface area contributed by atoms with E-state index in [1.807, 2.05) is 42.5 Å². The number of anilines is 4. The lowest BCUT2D eigenvalue weighted by Crippen LogP contribution is -2.30. The van der Waals surface area contributed by atoms with Crippen LogP contribution in [0.2, 0.25) is 0 Å². The van der Waals surface area contributed by atoms with E-state index in [4.69, 9.17) is 4.98 Å². The molecule has 0 radical (unpaired) electrons. The number of nitrogens with zero attached hydrogens (tertiary/aromatic N) is 4. The van der Waals surface area contributed by atoms with E-state index in [2.05, 4.69) is 20.6 Å². The van der Waals surface area contributed by atoms with Crippen molar-refractivity contribution >= 4 is 40.0 Å². The van der Waals surface area contributed by atoms with Gasteiger partial charge in [0.2, 0.25) is 5.95 Å². The summed E-state index contributed by atoms with van der Waals surface area (Å²) in [5.41, 5.74) is 2.99. The zero-order chi connectivity index (χ0) is 23.7. The Labute approximate surface area is 197 Å². The predicted octanol–water partition coefficient (Wildman–Crippen LogP) is 5.30. The van der Waals surface area contributed by atoms with Gasteiger partial charge in [-0.1, -0.05) is 31.0 Å². The predicted molar refractivity (Wildman–Crippen MR) is 133 cm³/mol. The van der Waals surface area contributed by atoms with Gasteiger partial charge in [-0.05, 0) is 56.5 Å². The van der Waals surface area contributed by atoms with Crippen LogP contribution in [-0.2, 0) is 0 Å². The molecule has 1 saturated carbocycles. The molecule has 3 heterocycles. The summed E-state index contributed by atoms with van der Waals surface area (Å²) in [7, 11) is 0. The van der Waals surface area contributed by atoms with E-state index in [1.165, 1.54) is 6.92 Å². The molecule has 0 bridgehead atoms. The molecule has 3 aromatic heterocycles. The van der Waals surface area contributed by atoms with Crippen molar-refractivity contribution in [2.45, 2.75) is 45.6 Å². The number of ketones is 1. The number of hydrogen-bond acceptors (Lipinski definition) is 7. The standard InChI is InChI=1S/C26H26N6O2/c1-16-21-15-28-26(30-22-13-12-19(14-27-22)29-18-8-4-3-5-9-18)31-24(21)32(20-10-6-7-11-20)25(34)23(16)17(2)33/h3-5,8-9,12-15,20,29H,6-7,10-11H2,1-2H3,(H,27,28,30,31). The van der Waals surface area contributed by atoms with Crippen LogP contribution in [0.1, 0.15) is 54.6 Å². The summed E-state index contributed by atoms with van der Waals surface area (Å²) in [5.74, 6) is 0.710. The largest absolute Gasteiger partial charge is 0.354 e. The lowest BCUT2D eigenvalue weighted by atomic mass is 10.0. The van der Waals surface area contributed by atoms with Crippen molar-refractivity contribution in [1.82, 2.24) is 19.5 Å². The van der Waals surface area contributed by atoms with Gasteiger partial charge in [-0.3, -0.25) is 14.2 Å². The van der Waals surface area contributed by atoms with Crippen LogP contribution < -0.4 is 16.2 Å². The van der Waals surface area contributed by atoms with Gasteiger partial charge in [-0.15, -0.1) is 0 Å². The van der Waals surface area contributed by atoms with E-state index in [9.17, 15) is 9.59 Å². The molecule has 0 amide bonds. The number of nitrogens with one attached hydrogen (secondary N) is 2. The summed E-state index contributed by atoms with van der Waals surface area (Å²) < 4.78 is 1.71. The Bertz CT molecular complexity index is 1410. The smallest absolute Gasteiger partial charge is 0.263 e. The Morgan fingerprint density at radius 2 is 1.74 bits per heavy atom. The first kappa shape index (κ1) is 21.8. The minimum Gasteiger partial charge on any atom is -0.354 e. The topological polar surface area (TPSA) is 102 Å². The molecule has 8 nitrogen and oxygen atoms in total. The first-order valence-electron chi connectivity index (χ1n) is 11.5. The Morgan fingerprint density at radius 1 is 0.971 bits per heavy atom. The van der Waals surface area contributed by atoms with E-state index < -0.39 is 0 Å². The van der Waals surface area contributed by atoms with Crippen molar-refractivity contribution in [3.8, 4) is 0 Å². The van der Waals surface area contributed by atoms with E-state index in [-0.39, 0.29) is 22.9 Å². The van der Waals surface area contributed by atoms with Gasteiger partial charge in [0.1, 0.15) is 11.5 Å². The average Bonchev–Trinajstić information content (AvgIpc) is 3.35. The monoisotopic (exact) mass is 454 g/mol. The quantitative estimate of drug-likeness (QED) is 0.381. The first-order chi connectivity index (χ1) is 16.5. The van der Waals surface area contributed by atoms with Crippen LogP contribution in [0.15, 0.2) is 59.7 Å². The number of benzene rings is 1. The number of aryl methyl sites for hydroxylation is 1. The summed E-state index contributed by atoms with van der Waals surface area (Å²) in [6.07, 6.45) is 7.34. The molecule has 0 atom stereocenters. The fourth-order valence-corrected chi connectivity index (χ4v) is 4.65. The van der Waals surface area contributed by atoms with Gasteiger partial charge in [0.05, 0.1) is 17.4 Å². The third-order valence-corrected chi connectivity index (χ3v) is 6.32. The summed E-state index contributed by atoms with van der Waals surface area (Å²) in [4.78, 5) is 39.2. The Morgan fingerprint density at radius 3 is 2.41 bits per heavy atom. The maximum absolute atomic E-state index is 13.3. The van der Waals surface area contributed by atoms with Crippen LogP contribution in [0.25, 0.3) is 11.0 Å². The molecule has 0 unspecified atom stereocenters. The van der Waals surface area contributed by atoms with Crippen molar-refractivity contribution in [2.24, 2.45) is 0 Å². The number of rotatable bonds is 6. The van der Waals surface area contributed by atoms with Crippen molar-refractivity contribution in [3.63, 3.8) is 0 Å². The minimum atomic E-state index is -0.261. The van der Waals surface area contributed by atoms with E-state index in [1.54, 1.807) is 23.9 Å². The van der Waals surface area contributed by atoms with Crippen molar-refractivity contribution in [3.05, 3.63) is 76.3 Å². The lowest BCUT2D eigenvalue weighted by molar-refractivity contribution is 0.101. The summed E-state index contributed by atoms with van der Waals surface area (Å²) in [6, 6.07) is 13.7. The second kappa shape index (κ2) is 9.05. The first-order valence-corrected chi connectivity index (χ1v) is 11.5. The summed E-state index contributed by atoms with van der Waals surface area (Å²) in [5, 5.41) is 7.16. The lowest BCUT2D eigenvalue weighted by Gasteiger charge is -2.19. The fraction of sp³-hybridized carbons (Fsp3) is 0.269. The van der Waals surface area contributed by atoms with Gasteiger partial charge in [0.15, 0.2) is 5.78 Å². The Kier molecular flexibility index (Phi) is 5.79. The van der Waals surface area contributed by atoms with Crippen molar-refractivity contribution in [1.29, 1.82) is 0 Å². The molecule has 5 rings (SSSR count). The van der Waals surface area contributed by atoms with Crippen LogP contribution in [0.5, 0.6) is 0 Å². The highest BCUT2D eigenvalue weighted by molar-refractivity contribution is 5.99. The number of carbonyl (C=O) groups excluding carboxylic acids is 1. The molecule has 1 aliphatic rings. The second-order valence-corrected chi connectivity index (χ2v) is 8.65. The molecular formula is C26H26N6O2. The zero-order valence-corrected chi connectivity index (χ0v) is 19.2. The maximum atomic E-state index is 13.3. The summed E-state index contributed by atoms with van der Waals surface area (Å²) in [6.45, 7) is 3.23. The number of carbonyl (C=O) groups is 1. The number of aromatic nitrogens is 4. The van der Waals surface area contributed by atoms with Gasteiger partial charge in [0.25, 0.3) is 5.56 Å². The van der Waals surface area contributed by atoms with E-state index >= 15 is 0 Å². The fourth-order valence-electron chi connectivity index (χ4n) is 4.65. The van der Waals surface area contributed by atoms with Gasteiger partial charge >= 0.3 is 0 Å². The molecule has 0 saturated heterocycles. The average molecular weight is 455 g/mol. The molecule has 0 spiro atoms. The molecule has 34 heavy (non-hydrogen) atoms. The maximum Gasteiger partial charge on any atom is 0.263 e. The third-order valence-electron chi connectivity index (χ3n) is 6.32. The van der Waals surface area contributed by atoms with Gasteiger partial charge in [-0.2, -0.15) is 4.98 Å². The third kappa shape index (κ3) is 4.14. The number of fused-ring (bicyclic) bond motifs is 1. The number of para-hydroxylation sites is 1. The van der Waals surface area contributed by atoms with Gasteiger partial charge in [0, 0.05) is 23.3 Å². The highest BCUT2D eigenvalue weighted by atomic mass is 16.1. The van der Waals surface area contributed by atoms with Gasteiger partial charge < -0.3 is 10.6 Å². The molecule has 1 aromatic carbocycles. The Balaban J connectivity index is 1.49. The molecule has 8 heteroatoms. The van der Waals surface area contributed by atoms with Gasteiger partial charge in [-0.25, -0.2) is 9.97 Å². The zero-order valence-electron chi connectivity index (χ0n) is 19.2. The van der Waals surface area contributed by atoms with Crippen molar-refractivity contribution < 1.29 is 4.79 Å². The molecule has 172 valence electrons. The molecular weight excluding hydrogens is 428 g/mol. The molecule has 4 aromatic rings. The van der Waals surface area contributed by atoms with Crippen LogP contribution in [0, 0.1) is 6.92 Å². The minimum absolute atomic E-state index is 0.0397. The van der Waals surface area contributed by atoms with Crippen LogP contribution in [-0.4, -0.2) is 25.3 Å². The van der Waals surface area contributed by atoms with Crippen molar-refractivity contribution in [2.75, 3.05) is 10.6 Å². The molecule has 1 aliphatic carbocycles. The molecule has 1 fully saturated rings. The van der Waals surface area contributed by atoms with Crippen LogP contribution in [0.4, 0.5) is 23.1 Å². The number of Topliss-reactive ketones (excluding diaryl/α,β-unsaturated/α-hetero) is 1. The summed E-state index contributed by atoms with van der Waals surface area (Å²) >= 11 is 0. The molecule has 2 N–H and O–H groups in total. The van der Waals surface area contributed by atoms with Crippen LogP contribution in [0.3, 0.4) is 0 Å². The SMILES string of the molecule is CC(=O)c1c(C)c2cnc(Nc3ccc(Nc4ccccc4)cn3)nc2n(C2CCCC2)c1=O. The van der Waals surface area contributed by atoms with E-state index in [0.717, 1.165) is 42.4 Å². The highest BCUT2D eigenvalue weighted by Crippen LogP contribution is 2.32. The number of hydrogen-bond donors (Lipinski definition) is 2. The number of pyridine rings is 2. The van der Waals surface area contributed by atoms with E-state index in [0.29, 0.717) is 23.0 Å². The van der Waals surface area contributed by atoms with Crippen LogP contribution >= 0.6 is 0 Å². The molecule has 0 aliphatic heterocycles. The highest BCUT2D eigenvalue weighted by Gasteiger charge is 2.25. The second-order valence-electron chi connectivity index (χ2n) is 8.65. The normalized spacial score (nSPS) is 13.8.